The topological polar surface area (TPSA) is 121 Å². The Morgan fingerprint density at radius 3 is 2.71 bits per heavy atom. The van der Waals surface area contributed by atoms with Gasteiger partial charge in [-0.3, -0.25) is 14.3 Å². The first-order chi connectivity index (χ1) is 20.3. The summed E-state index contributed by atoms with van der Waals surface area (Å²) < 4.78 is 2.47. The van der Waals surface area contributed by atoms with Crippen LogP contribution in [0.3, 0.4) is 0 Å². The summed E-state index contributed by atoms with van der Waals surface area (Å²) in [6.45, 7) is 2.66. The highest BCUT2D eigenvalue weighted by Crippen LogP contribution is 2.46. The van der Waals surface area contributed by atoms with Crippen molar-refractivity contribution in [3.63, 3.8) is 0 Å². The molecule has 10 heteroatoms. The fourth-order valence-electron chi connectivity index (χ4n) is 5.12. The Morgan fingerprint density at radius 1 is 1.12 bits per heavy atom. The number of aromatic nitrogens is 3. The van der Waals surface area contributed by atoms with Gasteiger partial charge in [-0.05, 0) is 54.4 Å². The Balaban J connectivity index is 1.32. The highest BCUT2D eigenvalue weighted by molar-refractivity contribution is 9.10. The molecule has 1 aliphatic rings. The molecule has 0 unspecified atom stereocenters. The molecule has 0 bridgehead atoms. The number of aliphatic hydroxyl groups is 2. The van der Waals surface area contributed by atoms with Crippen molar-refractivity contribution < 1.29 is 19.8 Å². The Bertz CT molecular complexity index is 1610. The average Bonchev–Trinajstić information content (AvgIpc) is 3.52. The number of hydrogen-bond acceptors (Lipinski definition) is 6. The predicted molar refractivity (Wildman–Crippen MR) is 164 cm³/mol. The number of nitrogens with one attached hydrogen (secondary N) is 1. The van der Waals surface area contributed by atoms with Crippen molar-refractivity contribution in [2.75, 3.05) is 16.8 Å². The smallest absolute Gasteiger partial charge is 0.264 e. The van der Waals surface area contributed by atoms with E-state index in [2.05, 4.69) is 31.6 Å². The first kappa shape index (κ1) is 29.4. The fraction of sp³-hybridized carbons (Fsp3) is 0.250. The van der Waals surface area contributed by atoms with Crippen molar-refractivity contribution >= 4 is 39.1 Å². The molecule has 216 valence electrons. The van der Waals surface area contributed by atoms with Gasteiger partial charge < -0.3 is 20.4 Å². The summed E-state index contributed by atoms with van der Waals surface area (Å²) in [5.41, 5.74) is 2.14. The van der Waals surface area contributed by atoms with E-state index in [-0.39, 0.29) is 19.1 Å². The van der Waals surface area contributed by atoms with Crippen molar-refractivity contribution in [1.82, 2.24) is 15.0 Å². The van der Waals surface area contributed by atoms with Crippen LogP contribution in [0.2, 0.25) is 0 Å². The van der Waals surface area contributed by atoms with Crippen molar-refractivity contribution in [2.24, 2.45) is 5.92 Å². The van der Waals surface area contributed by atoms with E-state index < -0.39 is 17.4 Å². The van der Waals surface area contributed by atoms with Gasteiger partial charge in [0.1, 0.15) is 0 Å². The lowest BCUT2D eigenvalue weighted by Crippen LogP contribution is -2.44. The first-order valence-corrected chi connectivity index (χ1v) is 14.5. The number of rotatable bonds is 11. The number of benzene rings is 3. The Morgan fingerprint density at radius 2 is 1.93 bits per heavy atom. The molecule has 0 aliphatic carbocycles. The fourth-order valence-corrected chi connectivity index (χ4v) is 5.48. The van der Waals surface area contributed by atoms with Gasteiger partial charge >= 0.3 is 0 Å². The number of carbonyl (C=O) groups is 2. The average molecular weight is 631 g/mol. The predicted octanol–water partition coefficient (Wildman–Crippen LogP) is 4.84. The minimum atomic E-state index is -1.75. The second-order valence-electron chi connectivity index (χ2n) is 10.3. The quantitative estimate of drug-likeness (QED) is 0.204. The third-order valence-corrected chi connectivity index (χ3v) is 7.85. The minimum absolute atomic E-state index is 0.0214. The van der Waals surface area contributed by atoms with Gasteiger partial charge in [0.15, 0.2) is 5.60 Å². The van der Waals surface area contributed by atoms with Crippen LogP contribution in [-0.2, 0) is 29.9 Å². The molecule has 9 nitrogen and oxygen atoms in total. The van der Waals surface area contributed by atoms with Gasteiger partial charge in [0.05, 0.1) is 17.9 Å². The third kappa shape index (κ3) is 6.20. The number of hydrogen-bond donors (Lipinski definition) is 3. The molecule has 2 atom stereocenters. The van der Waals surface area contributed by atoms with E-state index in [1.54, 1.807) is 40.0 Å². The van der Waals surface area contributed by atoms with Gasteiger partial charge in [0, 0.05) is 53.0 Å². The van der Waals surface area contributed by atoms with Crippen LogP contribution in [0.1, 0.15) is 40.5 Å². The number of fused-ring (bicyclic) bond motifs is 1. The van der Waals surface area contributed by atoms with Crippen LogP contribution in [-0.4, -0.2) is 43.6 Å². The number of aryl methyl sites for hydroxylation is 1. The Labute approximate surface area is 252 Å². The number of amides is 2. The molecule has 42 heavy (non-hydrogen) atoms. The van der Waals surface area contributed by atoms with Crippen molar-refractivity contribution in [1.29, 1.82) is 0 Å². The van der Waals surface area contributed by atoms with Crippen LogP contribution in [0.25, 0.3) is 0 Å². The number of halogens is 1. The Kier molecular flexibility index (Phi) is 8.96. The highest BCUT2D eigenvalue weighted by atomic mass is 79.9. The van der Waals surface area contributed by atoms with Crippen LogP contribution < -0.4 is 10.2 Å². The van der Waals surface area contributed by atoms with Crippen LogP contribution in [0.15, 0.2) is 95.6 Å². The largest absolute Gasteiger partial charge is 0.396 e. The van der Waals surface area contributed by atoms with Crippen LogP contribution in [0.4, 0.5) is 11.4 Å². The second-order valence-corrected chi connectivity index (χ2v) is 11.2. The first-order valence-electron chi connectivity index (χ1n) is 13.8. The standard InChI is InChI=1S/C32H32BrN5O4/c1-22(8-5-6-16-37-21-27(15-17-39)35-36-37)32(42)28-19-25(33)13-14-29(28)38(31(32)41)20-23-9-7-12-26(18-23)34-30(40)24-10-3-2-4-11-24/h2-5,7-14,18-19,21-22,39,42H,6,15-17,20H2,1H3,(H,34,40)/b8-5+/t22-,32+/m0/s1. The van der Waals surface area contributed by atoms with Crippen LogP contribution in [0, 0.1) is 5.92 Å². The van der Waals surface area contributed by atoms with E-state index >= 15 is 0 Å². The number of carbonyl (C=O) groups excluding carboxylic acids is 2. The van der Waals surface area contributed by atoms with E-state index in [1.807, 2.05) is 67.6 Å². The summed E-state index contributed by atoms with van der Waals surface area (Å²) in [6, 6.07) is 21.8. The molecule has 0 spiro atoms. The van der Waals surface area contributed by atoms with Gasteiger partial charge in [-0.2, -0.15) is 0 Å². The van der Waals surface area contributed by atoms with Gasteiger partial charge in [0.25, 0.3) is 11.8 Å². The molecule has 3 N–H and O–H groups in total. The molecule has 3 aromatic carbocycles. The van der Waals surface area contributed by atoms with Crippen LogP contribution >= 0.6 is 15.9 Å². The SMILES string of the molecule is C[C@@H](/C=C/CCn1cc(CCO)nn1)[C@]1(O)C(=O)N(Cc2cccc(NC(=O)c3ccccc3)c2)c2ccc(Br)cc21. The molecule has 5 rings (SSSR count). The van der Waals surface area contributed by atoms with Gasteiger partial charge in [-0.25, -0.2) is 0 Å². The zero-order chi connectivity index (χ0) is 29.7. The lowest BCUT2D eigenvalue weighted by Gasteiger charge is -2.28. The van der Waals surface area contributed by atoms with Crippen molar-refractivity contribution in [3.05, 3.63) is 118 Å². The summed E-state index contributed by atoms with van der Waals surface area (Å²) in [6.07, 6.45) is 6.68. The van der Waals surface area contributed by atoms with Crippen molar-refractivity contribution in [2.45, 2.75) is 38.5 Å². The lowest BCUT2D eigenvalue weighted by molar-refractivity contribution is -0.139. The highest BCUT2D eigenvalue weighted by Gasteiger charge is 2.52. The summed E-state index contributed by atoms with van der Waals surface area (Å²) in [4.78, 5) is 28.2. The molecule has 2 amide bonds. The second kappa shape index (κ2) is 12.8. The molecule has 4 aromatic rings. The monoisotopic (exact) mass is 629 g/mol. The molecule has 0 saturated carbocycles. The molecule has 0 radical (unpaired) electrons. The number of allylic oxidation sites excluding steroid dienone is 1. The summed E-state index contributed by atoms with van der Waals surface area (Å²) in [7, 11) is 0. The number of anilines is 2. The molecule has 1 aromatic heterocycles. The molecule has 0 saturated heterocycles. The van der Waals surface area contributed by atoms with E-state index in [1.165, 1.54) is 0 Å². The molecule has 2 heterocycles. The van der Waals surface area contributed by atoms with Crippen molar-refractivity contribution in [3.8, 4) is 0 Å². The van der Waals surface area contributed by atoms with Crippen LogP contribution in [0.5, 0.6) is 0 Å². The minimum Gasteiger partial charge on any atom is -0.396 e. The summed E-state index contributed by atoms with van der Waals surface area (Å²) >= 11 is 3.50. The van der Waals surface area contributed by atoms with E-state index in [4.69, 9.17) is 5.11 Å². The number of nitrogens with zero attached hydrogens (tertiary/aromatic N) is 4. The van der Waals surface area contributed by atoms with E-state index in [9.17, 15) is 14.7 Å². The van der Waals surface area contributed by atoms with Gasteiger partial charge in [-0.1, -0.05) is 70.6 Å². The zero-order valence-electron chi connectivity index (χ0n) is 23.2. The van der Waals surface area contributed by atoms with Gasteiger partial charge in [-0.15, -0.1) is 5.10 Å². The maximum absolute atomic E-state index is 13.9. The van der Waals surface area contributed by atoms with E-state index in [0.29, 0.717) is 41.9 Å². The maximum Gasteiger partial charge on any atom is 0.264 e. The Hall–Kier alpha value is -4.12. The lowest BCUT2D eigenvalue weighted by atomic mass is 9.83. The summed E-state index contributed by atoms with van der Waals surface area (Å²) in [5.74, 6) is -1.14. The summed E-state index contributed by atoms with van der Waals surface area (Å²) in [5, 5.41) is 32.0. The van der Waals surface area contributed by atoms with Gasteiger partial charge in [0.2, 0.25) is 0 Å². The normalized spacial score (nSPS) is 17.0. The maximum atomic E-state index is 13.9. The molecule has 1 aliphatic heterocycles. The zero-order valence-corrected chi connectivity index (χ0v) is 24.7. The molecular weight excluding hydrogens is 598 g/mol. The number of aliphatic hydroxyl groups excluding tert-OH is 1. The van der Waals surface area contributed by atoms with E-state index in [0.717, 1.165) is 15.7 Å². The third-order valence-electron chi connectivity index (χ3n) is 7.36. The molecular formula is C32H32BrN5O4. The molecule has 0 fully saturated rings.